The summed E-state index contributed by atoms with van der Waals surface area (Å²) in [6.45, 7) is 6.52. The SMILES string of the molecule is CCN(CC)C(=S)S[Te]1(I)CCCC1. The Labute approximate surface area is 109 Å². The molecule has 84 valence electrons. The molecule has 0 atom stereocenters. The van der Waals surface area contributed by atoms with Crippen molar-refractivity contribution in [2.75, 3.05) is 13.1 Å². The molecule has 1 nitrogen and oxygen atoms in total. The molecule has 0 spiro atoms. The van der Waals surface area contributed by atoms with Crippen LogP contribution in [0, 0.1) is 0 Å². The number of hydrogen-bond acceptors (Lipinski definition) is 2. The van der Waals surface area contributed by atoms with Gasteiger partial charge in [0.25, 0.3) is 0 Å². The Morgan fingerprint density at radius 2 is 1.86 bits per heavy atom. The van der Waals surface area contributed by atoms with Gasteiger partial charge in [0.2, 0.25) is 0 Å². The van der Waals surface area contributed by atoms with Crippen molar-refractivity contribution in [3.8, 4) is 0 Å². The van der Waals surface area contributed by atoms with Gasteiger partial charge < -0.3 is 0 Å². The standard InChI is InChI=1S/C9H18INS2Te/c1-3-11(4-2)9(12)13-14(10)7-5-6-8-14/h3-8H2,1-2H3. The number of thiocarbonyl (C=S) groups is 1. The molecule has 0 amide bonds. The summed E-state index contributed by atoms with van der Waals surface area (Å²) in [5.41, 5.74) is 0. The molecule has 0 radical (unpaired) electrons. The Balaban J connectivity index is 2.46. The predicted molar refractivity (Wildman–Crippen MR) is 81.7 cm³/mol. The zero-order chi connectivity index (χ0) is 10.6. The first kappa shape index (κ1) is 13.8. The van der Waals surface area contributed by atoms with Gasteiger partial charge in [0, 0.05) is 0 Å². The number of hydrogen-bond donors (Lipinski definition) is 0. The van der Waals surface area contributed by atoms with Gasteiger partial charge in [-0.05, 0) is 0 Å². The second-order valence-electron chi connectivity index (χ2n) is 3.36. The average molecular weight is 459 g/mol. The van der Waals surface area contributed by atoms with Crippen LogP contribution in [0.2, 0.25) is 8.94 Å². The van der Waals surface area contributed by atoms with Crippen LogP contribution in [0.4, 0.5) is 0 Å². The third-order valence-electron chi connectivity index (χ3n) is 2.39. The van der Waals surface area contributed by atoms with E-state index < -0.39 is 12.9 Å². The summed E-state index contributed by atoms with van der Waals surface area (Å²) in [6.07, 6.45) is 2.91. The van der Waals surface area contributed by atoms with Gasteiger partial charge in [0.1, 0.15) is 0 Å². The van der Waals surface area contributed by atoms with E-state index in [-0.39, 0.29) is 0 Å². The molecule has 0 bridgehead atoms. The summed E-state index contributed by atoms with van der Waals surface area (Å²) >= 11 is 6.73. The molecule has 1 saturated heterocycles. The first-order chi connectivity index (χ1) is 6.61. The summed E-state index contributed by atoms with van der Waals surface area (Å²) < 4.78 is 4.19. The summed E-state index contributed by atoms with van der Waals surface area (Å²) in [7, 11) is 2.10. The Bertz CT molecular complexity index is 203. The molecule has 5 heteroatoms. The van der Waals surface area contributed by atoms with Gasteiger partial charge in [-0.1, -0.05) is 0 Å². The maximum atomic E-state index is 5.51. The van der Waals surface area contributed by atoms with Gasteiger partial charge in [-0.2, -0.15) is 0 Å². The normalized spacial score (nSPS) is 21.9. The summed E-state index contributed by atoms with van der Waals surface area (Å²) in [6, 6.07) is 0. The molecule has 0 unspecified atom stereocenters. The monoisotopic (exact) mass is 461 g/mol. The minimum atomic E-state index is -1.57. The van der Waals surface area contributed by atoms with Crippen LogP contribution in [-0.4, -0.2) is 35.2 Å². The quantitative estimate of drug-likeness (QED) is 0.357. The molecule has 0 aromatic carbocycles. The fourth-order valence-electron chi connectivity index (χ4n) is 1.48. The molecule has 0 aromatic rings. The molecular formula is C9H18INS2Te. The summed E-state index contributed by atoms with van der Waals surface area (Å²) in [4.78, 5) is 2.32. The van der Waals surface area contributed by atoms with Crippen molar-refractivity contribution in [3.63, 3.8) is 0 Å². The summed E-state index contributed by atoms with van der Waals surface area (Å²) in [5.74, 6) is 0. The van der Waals surface area contributed by atoms with Crippen molar-refractivity contribution in [1.29, 1.82) is 0 Å². The minimum absolute atomic E-state index is 1.07. The maximum absolute atomic E-state index is 5.51. The van der Waals surface area contributed by atoms with Crippen LogP contribution in [0.5, 0.6) is 0 Å². The van der Waals surface area contributed by atoms with Crippen molar-refractivity contribution in [3.05, 3.63) is 0 Å². The molecule has 0 aliphatic carbocycles. The van der Waals surface area contributed by atoms with Crippen LogP contribution in [0.3, 0.4) is 0 Å². The number of nitrogens with zero attached hydrogens (tertiary/aromatic N) is 1. The van der Waals surface area contributed by atoms with Crippen LogP contribution < -0.4 is 0 Å². The average Bonchev–Trinajstić information content (AvgIpc) is 2.54. The van der Waals surface area contributed by atoms with Crippen LogP contribution in [-0.2, 0) is 0 Å². The van der Waals surface area contributed by atoms with E-state index in [0.29, 0.717) is 0 Å². The van der Waals surface area contributed by atoms with Gasteiger partial charge in [0.05, 0.1) is 0 Å². The van der Waals surface area contributed by atoms with Crippen molar-refractivity contribution < 1.29 is 0 Å². The summed E-state index contributed by atoms with van der Waals surface area (Å²) in [5, 5.41) is 0. The van der Waals surface area contributed by atoms with Crippen LogP contribution in [0.15, 0.2) is 0 Å². The van der Waals surface area contributed by atoms with E-state index in [4.69, 9.17) is 12.2 Å². The molecule has 0 aromatic heterocycles. The van der Waals surface area contributed by atoms with Gasteiger partial charge in [0.15, 0.2) is 0 Å². The Kier molecular flexibility index (Phi) is 6.40. The number of rotatable bonds is 3. The molecule has 1 aliphatic rings. The van der Waals surface area contributed by atoms with Gasteiger partial charge >= 0.3 is 111 Å². The van der Waals surface area contributed by atoms with Crippen molar-refractivity contribution in [2.24, 2.45) is 0 Å². The van der Waals surface area contributed by atoms with Gasteiger partial charge in [-0.25, -0.2) is 0 Å². The molecule has 1 rings (SSSR count). The van der Waals surface area contributed by atoms with Crippen molar-refractivity contribution in [1.82, 2.24) is 4.90 Å². The molecular weight excluding hydrogens is 441 g/mol. The Morgan fingerprint density at radius 3 is 2.29 bits per heavy atom. The molecule has 1 fully saturated rings. The van der Waals surface area contributed by atoms with E-state index in [1.54, 1.807) is 0 Å². The van der Waals surface area contributed by atoms with E-state index in [9.17, 15) is 0 Å². The fraction of sp³-hybridized carbons (Fsp3) is 0.889. The van der Waals surface area contributed by atoms with E-state index in [2.05, 4.69) is 46.4 Å². The fourth-order valence-corrected chi connectivity index (χ4v) is 25.5. The first-order valence-corrected chi connectivity index (χ1v) is 19.2. The predicted octanol–water partition coefficient (Wildman–Crippen LogP) is 4.02. The zero-order valence-corrected chi connectivity index (χ0v) is 14.9. The molecule has 0 saturated carbocycles. The second-order valence-corrected chi connectivity index (χ2v) is 32.0. The van der Waals surface area contributed by atoms with E-state index in [0.717, 1.165) is 13.1 Å². The third kappa shape index (κ3) is 3.97. The van der Waals surface area contributed by atoms with E-state index in [1.165, 1.54) is 26.1 Å². The van der Waals surface area contributed by atoms with Crippen molar-refractivity contribution in [2.45, 2.75) is 35.6 Å². The van der Waals surface area contributed by atoms with Crippen LogP contribution >= 0.6 is 39.9 Å². The van der Waals surface area contributed by atoms with Gasteiger partial charge in [-0.3, -0.25) is 0 Å². The molecule has 14 heavy (non-hydrogen) atoms. The molecule has 1 heterocycles. The van der Waals surface area contributed by atoms with E-state index in [1.807, 2.05) is 0 Å². The number of halogens is 1. The Morgan fingerprint density at radius 1 is 1.36 bits per heavy atom. The molecule has 1 aliphatic heterocycles. The Hall–Kier alpha value is 1.76. The van der Waals surface area contributed by atoms with E-state index >= 15 is 0 Å². The second kappa shape index (κ2) is 6.48. The topological polar surface area (TPSA) is 3.24 Å². The first-order valence-electron chi connectivity index (χ1n) is 5.08. The zero-order valence-electron chi connectivity index (χ0n) is 8.79. The van der Waals surface area contributed by atoms with Crippen LogP contribution in [0.1, 0.15) is 26.7 Å². The van der Waals surface area contributed by atoms with Gasteiger partial charge in [-0.15, -0.1) is 0 Å². The third-order valence-corrected chi connectivity index (χ3v) is 25.4. The van der Waals surface area contributed by atoms with Crippen molar-refractivity contribution >= 4 is 57.1 Å². The molecule has 0 N–H and O–H groups in total. The van der Waals surface area contributed by atoms with Crippen LogP contribution in [0.25, 0.3) is 0 Å².